The van der Waals surface area contributed by atoms with E-state index in [9.17, 15) is 9.90 Å². The monoisotopic (exact) mass is 195 g/mol. The van der Waals surface area contributed by atoms with Crippen LogP contribution in [-0.4, -0.2) is 44.8 Å². The molecular weight excluding hydrogens is 182 g/mol. The lowest BCUT2D eigenvalue weighted by atomic mass is 10.1. The van der Waals surface area contributed by atoms with Gasteiger partial charge in [-0.15, -0.1) is 0 Å². The van der Waals surface area contributed by atoms with E-state index in [0.717, 1.165) is 12.8 Å². The zero-order valence-electron chi connectivity index (χ0n) is 7.83. The van der Waals surface area contributed by atoms with Crippen LogP contribution in [0.15, 0.2) is 18.7 Å². The van der Waals surface area contributed by atoms with Crippen LogP contribution >= 0.6 is 0 Å². The highest BCUT2D eigenvalue weighted by atomic mass is 16.3. The fraction of sp³-hybridized carbons (Fsp3) is 0.556. The summed E-state index contributed by atoms with van der Waals surface area (Å²) in [6, 6.07) is -0.110. The number of aliphatic hydroxyl groups excluding tert-OH is 1. The van der Waals surface area contributed by atoms with Crippen LogP contribution in [0.3, 0.4) is 0 Å². The van der Waals surface area contributed by atoms with Crippen LogP contribution in [0.1, 0.15) is 12.8 Å². The summed E-state index contributed by atoms with van der Waals surface area (Å²) in [6.07, 6.45) is 5.93. The van der Waals surface area contributed by atoms with Crippen LogP contribution in [-0.2, 0) is 0 Å². The first-order valence-corrected chi connectivity index (χ1v) is 4.72. The van der Waals surface area contributed by atoms with Crippen molar-refractivity contribution in [3.05, 3.63) is 18.7 Å². The molecule has 0 saturated carbocycles. The van der Waals surface area contributed by atoms with Crippen LogP contribution in [0.5, 0.6) is 0 Å². The molecule has 14 heavy (non-hydrogen) atoms. The van der Waals surface area contributed by atoms with Crippen molar-refractivity contribution in [1.82, 2.24) is 14.5 Å². The number of likely N-dealkylation sites (tertiary alicyclic amines) is 1. The molecule has 1 aliphatic heterocycles. The molecule has 0 radical (unpaired) electrons. The third-order valence-corrected chi connectivity index (χ3v) is 2.39. The van der Waals surface area contributed by atoms with Gasteiger partial charge < -0.3 is 10.0 Å². The Kier molecular flexibility index (Phi) is 2.49. The lowest BCUT2D eigenvalue weighted by molar-refractivity contribution is 0.0847. The van der Waals surface area contributed by atoms with Gasteiger partial charge in [0.2, 0.25) is 0 Å². The molecule has 5 heteroatoms. The van der Waals surface area contributed by atoms with E-state index in [-0.39, 0.29) is 12.1 Å². The summed E-state index contributed by atoms with van der Waals surface area (Å²) < 4.78 is 1.43. The first kappa shape index (κ1) is 9.21. The highest BCUT2D eigenvalue weighted by Crippen LogP contribution is 2.10. The number of carbonyl (C=O) groups excluding carboxylic acids is 1. The van der Waals surface area contributed by atoms with Crippen molar-refractivity contribution in [3.8, 4) is 0 Å². The van der Waals surface area contributed by atoms with Gasteiger partial charge in [-0.05, 0) is 12.8 Å². The number of carbonyl (C=O) groups is 1. The van der Waals surface area contributed by atoms with Crippen molar-refractivity contribution in [1.29, 1.82) is 0 Å². The molecule has 1 aromatic heterocycles. The van der Waals surface area contributed by atoms with Gasteiger partial charge in [-0.1, -0.05) is 0 Å². The van der Waals surface area contributed by atoms with Gasteiger partial charge in [0.1, 0.15) is 6.33 Å². The predicted molar refractivity (Wildman–Crippen MR) is 49.8 cm³/mol. The van der Waals surface area contributed by atoms with Crippen LogP contribution in [0, 0.1) is 0 Å². The number of piperidine rings is 1. The number of hydrogen-bond acceptors (Lipinski definition) is 3. The van der Waals surface area contributed by atoms with Gasteiger partial charge in [0.05, 0.1) is 6.10 Å². The van der Waals surface area contributed by atoms with Crippen molar-refractivity contribution < 1.29 is 9.90 Å². The molecule has 0 aliphatic carbocycles. The minimum Gasteiger partial charge on any atom is -0.391 e. The van der Waals surface area contributed by atoms with E-state index in [0.29, 0.717) is 13.1 Å². The molecule has 2 heterocycles. The second kappa shape index (κ2) is 3.79. The number of hydrogen-bond donors (Lipinski definition) is 1. The van der Waals surface area contributed by atoms with Crippen molar-refractivity contribution in [2.24, 2.45) is 0 Å². The smallest absolute Gasteiger partial charge is 0.329 e. The molecule has 1 N–H and O–H groups in total. The standard InChI is InChI=1S/C9H13N3O2/c13-8-2-1-4-11(6-8)9(14)12-5-3-10-7-12/h3,5,7-8,13H,1-2,4,6H2/t8-/m0/s1. The van der Waals surface area contributed by atoms with Crippen molar-refractivity contribution in [2.75, 3.05) is 13.1 Å². The number of β-amino-alcohol motifs (C(OH)–C–C–N with tert-alkyl or cyclic N) is 1. The molecule has 0 unspecified atom stereocenters. The first-order chi connectivity index (χ1) is 6.77. The fourth-order valence-electron chi connectivity index (χ4n) is 1.66. The van der Waals surface area contributed by atoms with E-state index in [1.54, 1.807) is 17.3 Å². The molecule has 0 aromatic carbocycles. The third-order valence-electron chi connectivity index (χ3n) is 2.39. The Morgan fingerprint density at radius 3 is 3.07 bits per heavy atom. The van der Waals surface area contributed by atoms with Crippen LogP contribution < -0.4 is 0 Å². The maximum atomic E-state index is 11.7. The van der Waals surface area contributed by atoms with E-state index >= 15 is 0 Å². The average Bonchev–Trinajstić information content (AvgIpc) is 2.69. The van der Waals surface area contributed by atoms with Gasteiger partial charge in [0.15, 0.2) is 0 Å². The Bertz CT molecular complexity index is 310. The summed E-state index contributed by atoms with van der Waals surface area (Å²) >= 11 is 0. The van der Waals surface area contributed by atoms with Gasteiger partial charge in [-0.25, -0.2) is 9.78 Å². The molecule has 1 fully saturated rings. The van der Waals surface area contributed by atoms with Gasteiger partial charge in [-0.3, -0.25) is 4.57 Å². The number of nitrogens with zero attached hydrogens (tertiary/aromatic N) is 3. The Balaban J connectivity index is 2.04. The first-order valence-electron chi connectivity index (χ1n) is 4.72. The van der Waals surface area contributed by atoms with Crippen LogP contribution in [0.25, 0.3) is 0 Å². The molecule has 1 atom stereocenters. The highest BCUT2D eigenvalue weighted by Gasteiger charge is 2.22. The normalized spacial score (nSPS) is 22.4. The Hall–Kier alpha value is -1.36. The van der Waals surface area contributed by atoms with Crippen molar-refractivity contribution >= 4 is 6.03 Å². The molecule has 2 rings (SSSR count). The van der Waals surface area contributed by atoms with E-state index in [4.69, 9.17) is 0 Å². The molecule has 1 aromatic rings. The summed E-state index contributed by atoms with van der Waals surface area (Å²) in [7, 11) is 0. The number of aliphatic hydroxyl groups is 1. The fourth-order valence-corrected chi connectivity index (χ4v) is 1.66. The molecule has 1 amide bonds. The maximum Gasteiger partial charge on any atom is 0.329 e. The average molecular weight is 195 g/mol. The zero-order chi connectivity index (χ0) is 9.97. The third kappa shape index (κ3) is 1.77. The maximum absolute atomic E-state index is 11.7. The Morgan fingerprint density at radius 2 is 2.43 bits per heavy atom. The summed E-state index contributed by atoms with van der Waals surface area (Å²) in [5, 5.41) is 9.41. The second-order valence-corrected chi connectivity index (χ2v) is 3.49. The SMILES string of the molecule is O=C(N1CCC[C@H](O)C1)n1ccnc1. The Morgan fingerprint density at radius 1 is 1.57 bits per heavy atom. The topological polar surface area (TPSA) is 58.4 Å². The molecule has 1 aliphatic rings. The summed E-state index contributed by atoms with van der Waals surface area (Å²) in [4.78, 5) is 17.2. The molecule has 1 saturated heterocycles. The summed E-state index contributed by atoms with van der Waals surface area (Å²) in [5.74, 6) is 0. The number of imidazole rings is 1. The van der Waals surface area contributed by atoms with E-state index in [1.807, 2.05) is 0 Å². The van der Waals surface area contributed by atoms with E-state index < -0.39 is 0 Å². The van der Waals surface area contributed by atoms with Crippen molar-refractivity contribution in [3.63, 3.8) is 0 Å². The quantitative estimate of drug-likeness (QED) is 0.648. The molecule has 5 nitrogen and oxygen atoms in total. The lowest BCUT2D eigenvalue weighted by Gasteiger charge is -2.29. The molecule has 0 spiro atoms. The number of amides is 1. The van der Waals surface area contributed by atoms with E-state index in [2.05, 4.69) is 4.98 Å². The Labute approximate surface area is 82.0 Å². The highest BCUT2D eigenvalue weighted by molar-refractivity contribution is 5.76. The minimum atomic E-state index is -0.378. The zero-order valence-corrected chi connectivity index (χ0v) is 7.83. The number of aromatic nitrogens is 2. The lowest BCUT2D eigenvalue weighted by Crippen LogP contribution is -2.43. The van der Waals surface area contributed by atoms with Gasteiger partial charge >= 0.3 is 6.03 Å². The second-order valence-electron chi connectivity index (χ2n) is 3.49. The van der Waals surface area contributed by atoms with E-state index in [1.165, 1.54) is 10.9 Å². The minimum absolute atomic E-state index is 0.110. The van der Waals surface area contributed by atoms with Crippen molar-refractivity contribution in [2.45, 2.75) is 18.9 Å². The number of rotatable bonds is 0. The summed E-state index contributed by atoms with van der Waals surface area (Å²) in [5.41, 5.74) is 0. The molecular formula is C9H13N3O2. The van der Waals surface area contributed by atoms with Gasteiger partial charge in [0.25, 0.3) is 0 Å². The van der Waals surface area contributed by atoms with Crippen LogP contribution in [0.4, 0.5) is 4.79 Å². The largest absolute Gasteiger partial charge is 0.391 e. The molecule has 0 bridgehead atoms. The summed E-state index contributed by atoms with van der Waals surface area (Å²) in [6.45, 7) is 1.14. The van der Waals surface area contributed by atoms with Gasteiger partial charge in [-0.2, -0.15) is 0 Å². The molecule has 76 valence electrons. The van der Waals surface area contributed by atoms with Crippen LogP contribution in [0.2, 0.25) is 0 Å². The van der Waals surface area contributed by atoms with Gasteiger partial charge in [0, 0.05) is 25.5 Å². The predicted octanol–water partition coefficient (Wildman–Crippen LogP) is 0.308.